The van der Waals surface area contributed by atoms with Gasteiger partial charge >= 0.3 is 0 Å². The molecule has 0 atom stereocenters. The van der Waals surface area contributed by atoms with Crippen LogP contribution in [0, 0.1) is 5.41 Å². The highest BCUT2D eigenvalue weighted by atomic mass is 28.4. The number of allylic oxidation sites excluding steroid dienone is 1. The number of nitrogens with one attached hydrogen (secondary N) is 1. The highest BCUT2D eigenvalue weighted by molar-refractivity contribution is 6.74. The Morgan fingerprint density at radius 2 is 1.55 bits per heavy atom. The predicted molar refractivity (Wildman–Crippen MR) is 90.7 cm³/mol. The van der Waals surface area contributed by atoms with E-state index in [-0.39, 0.29) is 5.04 Å². The SMILES string of the molecule is CC(=N)/C(C)=C(\O[Si](C)(C)C(C)(C)C)c1ccccc1. The van der Waals surface area contributed by atoms with Crippen molar-refractivity contribution < 1.29 is 4.43 Å². The lowest BCUT2D eigenvalue weighted by Gasteiger charge is -2.38. The van der Waals surface area contributed by atoms with E-state index < -0.39 is 8.32 Å². The zero-order chi connectivity index (χ0) is 15.6. The van der Waals surface area contributed by atoms with Crippen molar-refractivity contribution in [2.75, 3.05) is 0 Å². The van der Waals surface area contributed by atoms with Crippen molar-refractivity contribution >= 4 is 19.8 Å². The highest BCUT2D eigenvalue weighted by Crippen LogP contribution is 2.40. The van der Waals surface area contributed by atoms with Crippen molar-refractivity contribution in [2.45, 2.75) is 52.8 Å². The fraction of sp³-hybridized carbons (Fsp3) is 0.471. The maximum Gasteiger partial charge on any atom is 0.250 e. The van der Waals surface area contributed by atoms with Gasteiger partial charge in [-0.2, -0.15) is 0 Å². The van der Waals surface area contributed by atoms with Crippen LogP contribution >= 0.6 is 0 Å². The molecule has 0 heterocycles. The average Bonchev–Trinajstić information content (AvgIpc) is 2.34. The topological polar surface area (TPSA) is 33.1 Å². The summed E-state index contributed by atoms with van der Waals surface area (Å²) in [7, 11) is -1.91. The Balaban J connectivity index is 3.30. The first-order chi connectivity index (χ1) is 9.06. The van der Waals surface area contributed by atoms with Crippen LogP contribution in [-0.2, 0) is 4.43 Å². The van der Waals surface area contributed by atoms with Crippen LogP contribution in [0.15, 0.2) is 35.9 Å². The fourth-order valence-corrected chi connectivity index (χ4v) is 2.61. The van der Waals surface area contributed by atoms with Crippen LogP contribution in [0.5, 0.6) is 0 Å². The molecular weight excluding hydrogens is 262 g/mol. The maximum absolute atomic E-state index is 7.92. The Morgan fingerprint density at radius 1 is 1.05 bits per heavy atom. The summed E-state index contributed by atoms with van der Waals surface area (Å²) < 4.78 is 6.49. The first-order valence-corrected chi connectivity index (χ1v) is 9.98. The summed E-state index contributed by atoms with van der Waals surface area (Å²) in [5.74, 6) is 0.865. The van der Waals surface area contributed by atoms with Crippen LogP contribution in [0.3, 0.4) is 0 Å². The molecule has 3 heteroatoms. The van der Waals surface area contributed by atoms with Gasteiger partial charge in [0.1, 0.15) is 5.76 Å². The van der Waals surface area contributed by atoms with Gasteiger partial charge < -0.3 is 9.84 Å². The molecule has 0 radical (unpaired) electrons. The largest absolute Gasteiger partial charge is 0.543 e. The second kappa shape index (κ2) is 5.96. The molecule has 1 N–H and O–H groups in total. The van der Waals surface area contributed by atoms with Crippen LogP contribution < -0.4 is 0 Å². The zero-order valence-corrected chi connectivity index (χ0v) is 14.8. The van der Waals surface area contributed by atoms with Gasteiger partial charge in [-0.3, -0.25) is 0 Å². The molecule has 0 aliphatic carbocycles. The summed E-state index contributed by atoms with van der Waals surface area (Å²) in [6.07, 6.45) is 0. The Bertz CT molecular complexity index is 510. The third kappa shape index (κ3) is 3.82. The summed E-state index contributed by atoms with van der Waals surface area (Å²) in [6, 6.07) is 10.1. The van der Waals surface area contributed by atoms with Crippen LogP contribution in [0.25, 0.3) is 5.76 Å². The lowest BCUT2D eigenvalue weighted by molar-refractivity contribution is 0.456. The minimum absolute atomic E-state index is 0.142. The number of hydrogen-bond acceptors (Lipinski definition) is 2. The van der Waals surface area contributed by atoms with E-state index >= 15 is 0 Å². The van der Waals surface area contributed by atoms with Crippen LogP contribution in [0.4, 0.5) is 0 Å². The second-order valence-electron chi connectivity index (χ2n) is 6.81. The number of hydrogen-bond donors (Lipinski definition) is 1. The van der Waals surface area contributed by atoms with Crippen molar-refractivity contribution in [2.24, 2.45) is 0 Å². The van der Waals surface area contributed by atoms with E-state index in [1.165, 1.54) is 0 Å². The molecule has 0 aliphatic heterocycles. The Morgan fingerprint density at radius 3 is 1.95 bits per heavy atom. The molecule has 0 fully saturated rings. The summed E-state index contributed by atoms with van der Waals surface area (Å²) in [5.41, 5.74) is 2.53. The fourth-order valence-electron chi connectivity index (χ4n) is 1.52. The van der Waals surface area contributed by atoms with E-state index in [0.717, 1.165) is 16.9 Å². The van der Waals surface area contributed by atoms with Gasteiger partial charge in [-0.15, -0.1) is 0 Å². The molecule has 0 aromatic heterocycles. The van der Waals surface area contributed by atoms with Crippen LogP contribution in [0.1, 0.15) is 40.2 Å². The molecule has 0 unspecified atom stereocenters. The smallest absolute Gasteiger partial charge is 0.250 e. The van der Waals surface area contributed by atoms with Crippen molar-refractivity contribution in [1.29, 1.82) is 5.41 Å². The molecule has 0 bridgehead atoms. The molecule has 0 spiro atoms. The third-order valence-corrected chi connectivity index (χ3v) is 8.43. The van der Waals surface area contributed by atoms with E-state index in [4.69, 9.17) is 9.84 Å². The molecule has 1 rings (SSSR count). The summed E-state index contributed by atoms with van der Waals surface area (Å²) >= 11 is 0. The monoisotopic (exact) mass is 289 g/mol. The second-order valence-corrected chi connectivity index (χ2v) is 11.5. The molecule has 2 nitrogen and oxygen atoms in total. The molecule has 0 amide bonds. The van der Waals surface area contributed by atoms with Gasteiger partial charge in [-0.05, 0) is 32.0 Å². The third-order valence-electron chi connectivity index (χ3n) is 4.10. The number of benzene rings is 1. The van der Waals surface area contributed by atoms with E-state index in [1.807, 2.05) is 32.0 Å². The Hall–Kier alpha value is -1.35. The zero-order valence-electron chi connectivity index (χ0n) is 13.8. The van der Waals surface area contributed by atoms with Crippen molar-refractivity contribution in [1.82, 2.24) is 0 Å². The predicted octanol–water partition coefficient (Wildman–Crippen LogP) is 5.48. The quantitative estimate of drug-likeness (QED) is 0.444. The van der Waals surface area contributed by atoms with Gasteiger partial charge in [0, 0.05) is 16.8 Å². The molecular formula is C17H27NOSi. The minimum atomic E-state index is -1.91. The van der Waals surface area contributed by atoms with E-state index in [2.05, 4.69) is 46.0 Å². The van der Waals surface area contributed by atoms with Gasteiger partial charge in [0.25, 0.3) is 8.32 Å². The standard InChI is InChI=1S/C17H27NOSi/c1-13(14(2)18)16(15-11-9-8-10-12-15)19-20(6,7)17(3,4)5/h8-12,18H,1-7H3/b16-13-,18-14?. The van der Waals surface area contributed by atoms with Crippen molar-refractivity contribution in [3.8, 4) is 0 Å². The molecule has 0 saturated carbocycles. The van der Waals surface area contributed by atoms with Gasteiger partial charge in [0.15, 0.2) is 0 Å². The molecule has 20 heavy (non-hydrogen) atoms. The average molecular weight is 289 g/mol. The van der Waals surface area contributed by atoms with Crippen molar-refractivity contribution in [3.05, 3.63) is 41.5 Å². The number of rotatable bonds is 4. The first kappa shape index (κ1) is 16.7. The summed E-state index contributed by atoms with van der Waals surface area (Å²) in [4.78, 5) is 0. The lowest BCUT2D eigenvalue weighted by atomic mass is 10.1. The molecule has 1 aromatic rings. The van der Waals surface area contributed by atoms with Gasteiger partial charge in [0.2, 0.25) is 0 Å². The van der Waals surface area contributed by atoms with E-state index in [0.29, 0.717) is 5.71 Å². The Labute approximate surface area is 124 Å². The maximum atomic E-state index is 7.92. The first-order valence-electron chi connectivity index (χ1n) is 7.07. The van der Waals surface area contributed by atoms with Crippen molar-refractivity contribution in [3.63, 3.8) is 0 Å². The van der Waals surface area contributed by atoms with Crippen LogP contribution in [0.2, 0.25) is 18.1 Å². The van der Waals surface area contributed by atoms with Crippen LogP contribution in [-0.4, -0.2) is 14.0 Å². The normalized spacial score (nSPS) is 13.8. The lowest BCUT2D eigenvalue weighted by Crippen LogP contribution is -2.40. The van der Waals surface area contributed by atoms with E-state index in [9.17, 15) is 0 Å². The minimum Gasteiger partial charge on any atom is -0.543 e. The molecule has 0 aliphatic rings. The Kier molecular flexibility index (Phi) is 4.98. The summed E-state index contributed by atoms with van der Waals surface area (Å²) in [5, 5.41) is 8.06. The highest BCUT2D eigenvalue weighted by Gasteiger charge is 2.39. The molecule has 1 aromatic carbocycles. The summed E-state index contributed by atoms with van der Waals surface area (Å²) in [6.45, 7) is 15.0. The molecule has 0 saturated heterocycles. The van der Waals surface area contributed by atoms with E-state index in [1.54, 1.807) is 0 Å². The van der Waals surface area contributed by atoms with Gasteiger partial charge in [-0.25, -0.2) is 0 Å². The van der Waals surface area contributed by atoms with Gasteiger partial charge in [0.05, 0.1) is 0 Å². The van der Waals surface area contributed by atoms with Gasteiger partial charge in [-0.1, -0.05) is 51.1 Å². The molecule has 110 valence electrons.